The van der Waals surface area contributed by atoms with Crippen molar-refractivity contribution in [1.29, 1.82) is 0 Å². The summed E-state index contributed by atoms with van der Waals surface area (Å²) >= 11 is 0. The number of amides is 2. The van der Waals surface area contributed by atoms with Crippen LogP contribution in [-0.2, 0) is 19.6 Å². The highest BCUT2D eigenvalue weighted by atomic mass is 32.2. The van der Waals surface area contributed by atoms with Crippen LogP contribution in [0.2, 0.25) is 0 Å². The fourth-order valence-electron chi connectivity index (χ4n) is 3.22. The number of fused-ring (bicyclic) bond motifs is 1. The van der Waals surface area contributed by atoms with Crippen LogP contribution < -0.4 is 5.32 Å². The topological polar surface area (TPSA) is 117 Å². The van der Waals surface area contributed by atoms with Gasteiger partial charge < -0.3 is 14.6 Å². The summed E-state index contributed by atoms with van der Waals surface area (Å²) in [6, 6.07) is 7.42. The summed E-state index contributed by atoms with van der Waals surface area (Å²) in [5.41, 5.74) is 0.352. The molecule has 2 aliphatic heterocycles. The standard InChI is InChI=1S/C19H17N3O6S/c23-17(6-3-13-2-1-11-28-13)21-7-9-22(10-8-21)29(26,27)14-4-5-16-15(12-14)18(24)19(25)20-16/h1-6,11-12H,7-10H2,(H,20,24,25)/b6-3+. The molecule has 1 aromatic carbocycles. The van der Waals surface area contributed by atoms with Crippen molar-refractivity contribution < 1.29 is 27.2 Å². The number of furan rings is 1. The Morgan fingerprint density at radius 3 is 2.55 bits per heavy atom. The highest BCUT2D eigenvalue weighted by molar-refractivity contribution is 7.89. The van der Waals surface area contributed by atoms with Crippen LogP contribution in [0.1, 0.15) is 16.1 Å². The minimum atomic E-state index is -3.85. The van der Waals surface area contributed by atoms with Crippen LogP contribution >= 0.6 is 0 Å². The molecule has 1 fully saturated rings. The van der Waals surface area contributed by atoms with E-state index in [1.165, 1.54) is 34.8 Å². The van der Waals surface area contributed by atoms with E-state index in [4.69, 9.17) is 4.42 Å². The van der Waals surface area contributed by atoms with Gasteiger partial charge in [-0.15, -0.1) is 0 Å². The van der Waals surface area contributed by atoms with E-state index in [2.05, 4.69) is 5.32 Å². The van der Waals surface area contributed by atoms with Gasteiger partial charge in [0.2, 0.25) is 15.9 Å². The number of hydrogen-bond donors (Lipinski definition) is 1. The molecule has 29 heavy (non-hydrogen) atoms. The third kappa shape index (κ3) is 3.59. The molecule has 0 unspecified atom stereocenters. The molecule has 0 saturated carbocycles. The van der Waals surface area contributed by atoms with Gasteiger partial charge in [-0.25, -0.2) is 8.42 Å². The zero-order valence-electron chi connectivity index (χ0n) is 15.2. The summed E-state index contributed by atoms with van der Waals surface area (Å²) in [6.07, 6.45) is 4.45. The molecule has 4 rings (SSSR count). The van der Waals surface area contributed by atoms with E-state index < -0.39 is 21.7 Å². The minimum Gasteiger partial charge on any atom is -0.465 e. The maximum Gasteiger partial charge on any atom is 0.296 e. The molecule has 2 aliphatic rings. The van der Waals surface area contributed by atoms with E-state index in [0.29, 0.717) is 11.4 Å². The van der Waals surface area contributed by atoms with Crippen LogP contribution in [0.5, 0.6) is 0 Å². The van der Waals surface area contributed by atoms with Crippen LogP contribution in [0.25, 0.3) is 6.08 Å². The summed E-state index contributed by atoms with van der Waals surface area (Å²) < 4.78 is 32.2. The van der Waals surface area contributed by atoms with Gasteiger partial charge in [0.25, 0.3) is 11.7 Å². The number of carbonyl (C=O) groups excluding carboxylic acids is 3. The zero-order valence-corrected chi connectivity index (χ0v) is 16.0. The molecule has 2 amide bonds. The van der Waals surface area contributed by atoms with Crippen molar-refractivity contribution in [2.45, 2.75) is 4.90 Å². The van der Waals surface area contributed by atoms with Crippen molar-refractivity contribution in [2.75, 3.05) is 31.5 Å². The first kappa shape index (κ1) is 19.1. The monoisotopic (exact) mass is 415 g/mol. The molecule has 1 N–H and O–H groups in total. The largest absolute Gasteiger partial charge is 0.465 e. The van der Waals surface area contributed by atoms with Gasteiger partial charge in [0.05, 0.1) is 22.4 Å². The predicted octanol–water partition coefficient (Wildman–Crippen LogP) is 0.961. The molecule has 10 heteroatoms. The van der Waals surface area contributed by atoms with Crippen LogP contribution in [0, 0.1) is 0 Å². The molecule has 1 saturated heterocycles. The van der Waals surface area contributed by atoms with Gasteiger partial charge in [-0.2, -0.15) is 4.31 Å². The first-order chi connectivity index (χ1) is 13.9. The Hall–Kier alpha value is -3.24. The number of piperazine rings is 1. The molecule has 0 atom stereocenters. The average molecular weight is 415 g/mol. The summed E-state index contributed by atoms with van der Waals surface area (Å²) in [6.45, 7) is 0.741. The highest BCUT2D eigenvalue weighted by Crippen LogP contribution is 2.27. The Balaban J connectivity index is 1.44. The molecular formula is C19H17N3O6S. The molecule has 0 bridgehead atoms. The van der Waals surface area contributed by atoms with Gasteiger partial charge >= 0.3 is 0 Å². The SMILES string of the molecule is O=C1Nc2ccc(S(=O)(=O)N3CCN(C(=O)/C=C/c4ccco4)CC3)cc2C1=O. The molecule has 0 aliphatic carbocycles. The molecule has 150 valence electrons. The van der Waals surface area contributed by atoms with E-state index in [9.17, 15) is 22.8 Å². The lowest BCUT2D eigenvalue weighted by atomic mass is 10.1. The number of Topliss-reactive ketones (excluding diaryl/α,β-unsaturated/α-hetero) is 1. The fourth-order valence-corrected chi connectivity index (χ4v) is 4.67. The summed E-state index contributed by atoms with van der Waals surface area (Å²) in [5, 5.41) is 2.39. The van der Waals surface area contributed by atoms with Gasteiger partial charge in [0, 0.05) is 32.3 Å². The number of hydrogen-bond acceptors (Lipinski definition) is 6. The molecule has 0 spiro atoms. The van der Waals surface area contributed by atoms with Gasteiger partial charge in [0.1, 0.15) is 5.76 Å². The Kier molecular flexibility index (Phi) is 4.81. The Morgan fingerprint density at radius 1 is 1.10 bits per heavy atom. The van der Waals surface area contributed by atoms with Crippen molar-refractivity contribution in [1.82, 2.24) is 9.21 Å². The molecule has 3 heterocycles. The number of nitrogens with zero attached hydrogens (tertiary/aromatic N) is 2. The Morgan fingerprint density at radius 2 is 1.86 bits per heavy atom. The molecular weight excluding hydrogens is 398 g/mol. The second-order valence-electron chi connectivity index (χ2n) is 6.57. The smallest absolute Gasteiger partial charge is 0.296 e. The van der Waals surface area contributed by atoms with Gasteiger partial charge in [-0.1, -0.05) is 0 Å². The van der Waals surface area contributed by atoms with Crippen LogP contribution in [0.15, 0.2) is 52.0 Å². The van der Waals surface area contributed by atoms with Crippen molar-refractivity contribution in [2.24, 2.45) is 0 Å². The summed E-state index contributed by atoms with van der Waals surface area (Å²) in [5.74, 6) is -1.20. The summed E-state index contributed by atoms with van der Waals surface area (Å²) in [4.78, 5) is 37.1. The number of ketones is 1. The number of anilines is 1. The number of carbonyl (C=O) groups is 3. The third-order valence-corrected chi connectivity index (χ3v) is 6.71. The van der Waals surface area contributed by atoms with Crippen molar-refractivity contribution in [3.05, 3.63) is 54.0 Å². The molecule has 2 aromatic rings. The number of nitrogens with one attached hydrogen (secondary N) is 1. The van der Waals surface area contributed by atoms with E-state index in [0.717, 1.165) is 0 Å². The molecule has 1 aromatic heterocycles. The quantitative estimate of drug-likeness (QED) is 0.587. The minimum absolute atomic E-state index is 0.0490. The number of sulfonamides is 1. The first-order valence-corrected chi connectivity index (χ1v) is 10.3. The van der Waals surface area contributed by atoms with E-state index in [1.807, 2.05) is 0 Å². The predicted molar refractivity (Wildman–Crippen MR) is 102 cm³/mol. The average Bonchev–Trinajstić information content (AvgIpc) is 3.34. The Labute approximate surface area is 166 Å². The summed E-state index contributed by atoms with van der Waals surface area (Å²) in [7, 11) is -3.85. The van der Waals surface area contributed by atoms with Crippen LogP contribution in [0.4, 0.5) is 5.69 Å². The van der Waals surface area contributed by atoms with Crippen LogP contribution in [0.3, 0.4) is 0 Å². The number of benzene rings is 1. The lowest BCUT2D eigenvalue weighted by Gasteiger charge is -2.33. The lowest BCUT2D eigenvalue weighted by molar-refractivity contribution is -0.127. The highest BCUT2D eigenvalue weighted by Gasteiger charge is 2.33. The second kappa shape index (κ2) is 7.30. The van der Waals surface area contributed by atoms with E-state index in [1.54, 1.807) is 23.1 Å². The van der Waals surface area contributed by atoms with Crippen molar-refractivity contribution in [3.8, 4) is 0 Å². The van der Waals surface area contributed by atoms with Crippen molar-refractivity contribution in [3.63, 3.8) is 0 Å². The van der Waals surface area contributed by atoms with E-state index in [-0.39, 0.29) is 42.5 Å². The normalized spacial score (nSPS) is 17.6. The Bertz CT molecular complexity index is 1110. The van der Waals surface area contributed by atoms with E-state index >= 15 is 0 Å². The third-order valence-electron chi connectivity index (χ3n) is 4.81. The molecule has 9 nitrogen and oxygen atoms in total. The van der Waals surface area contributed by atoms with Gasteiger partial charge in [0.15, 0.2) is 0 Å². The van der Waals surface area contributed by atoms with Crippen LogP contribution in [-0.4, -0.2) is 61.4 Å². The van der Waals surface area contributed by atoms with Gasteiger partial charge in [-0.05, 0) is 36.4 Å². The molecule has 0 radical (unpaired) electrons. The second-order valence-corrected chi connectivity index (χ2v) is 8.51. The maximum absolute atomic E-state index is 12.9. The van der Waals surface area contributed by atoms with Crippen molar-refractivity contribution >= 4 is 39.4 Å². The number of rotatable bonds is 4. The van der Waals surface area contributed by atoms with Gasteiger partial charge in [-0.3, -0.25) is 14.4 Å². The zero-order chi connectivity index (χ0) is 20.6. The maximum atomic E-state index is 12.9. The lowest BCUT2D eigenvalue weighted by Crippen LogP contribution is -2.50. The first-order valence-electron chi connectivity index (χ1n) is 8.86. The fraction of sp³-hybridized carbons (Fsp3) is 0.211.